The van der Waals surface area contributed by atoms with Gasteiger partial charge in [0.25, 0.3) is 0 Å². The highest BCUT2D eigenvalue weighted by atomic mass is 16.1. The van der Waals surface area contributed by atoms with Crippen molar-refractivity contribution in [3.8, 4) is 0 Å². The lowest BCUT2D eigenvalue weighted by atomic mass is 9.83. The van der Waals surface area contributed by atoms with Gasteiger partial charge in [-0.2, -0.15) is 0 Å². The molecule has 4 nitrogen and oxygen atoms in total. The molecule has 0 saturated heterocycles. The second-order valence-electron chi connectivity index (χ2n) is 7.03. The number of nitrogens with zero attached hydrogens (tertiary/aromatic N) is 1. The predicted molar refractivity (Wildman–Crippen MR) is 89.2 cm³/mol. The Labute approximate surface area is 130 Å². The maximum atomic E-state index is 11.8. The number of hydrogen-bond acceptors (Lipinski definition) is 3. The summed E-state index contributed by atoms with van der Waals surface area (Å²) in [7, 11) is 2.20. The summed E-state index contributed by atoms with van der Waals surface area (Å²) >= 11 is 0. The Kier molecular flexibility index (Phi) is 7.14. The zero-order valence-corrected chi connectivity index (χ0v) is 14.6. The van der Waals surface area contributed by atoms with E-state index in [1.165, 1.54) is 32.1 Å². The Morgan fingerprint density at radius 1 is 1.33 bits per heavy atom. The summed E-state index contributed by atoms with van der Waals surface area (Å²) in [5.74, 6) is 0.668. The largest absolute Gasteiger partial charge is 0.368 e. The molecule has 0 aromatic rings. The van der Waals surface area contributed by atoms with Crippen LogP contribution < -0.4 is 11.1 Å². The average Bonchev–Trinajstić information content (AvgIpc) is 2.46. The zero-order chi connectivity index (χ0) is 16.0. The van der Waals surface area contributed by atoms with Crippen molar-refractivity contribution in [2.45, 2.75) is 83.8 Å². The molecule has 4 heteroatoms. The molecule has 1 aliphatic carbocycles. The summed E-state index contributed by atoms with van der Waals surface area (Å²) in [6.45, 7) is 9.22. The van der Waals surface area contributed by atoms with Gasteiger partial charge in [0, 0.05) is 12.1 Å². The van der Waals surface area contributed by atoms with Gasteiger partial charge in [0.05, 0.1) is 5.54 Å². The molecule has 1 saturated carbocycles. The van der Waals surface area contributed by atoms with E-state index in [9.17, 15) is 4.79 Å². The number of hydrogen-bond donors (Lipinski definition) is 2. The third kappa shape index (κ3) is 4.96. The molecular weight excluding hydrogens is 262 g/mol. The first-order chi connectivity index (χ1) is 9.84. The lowest BCUT2D eigenvalue weighted by Gasteiger charge is -2.40. The minimum Gasteiger partial charge on any atom is -0.368 e. The van der Waals surface area contributed by atoms with E-state index in [-0.39, 0.29) is 5.91 Å². The molecule has 2 atom stereocenters. The van der Waals surface area contributed by atoms with Gasteiger partial charge >= 0.3 is 0 Å². The van der Waals surface area contributed by atoms with E-state index in [2.05, 4.69) is 31.1 Å². The molecule has 1 fully saturated rings. The number of primary amides is 1. The maximum Gasteiger partial charge on any atom is 0.237 e. The van der Waals surface area contributed by atoms with Gasteiger partial charge in [0.2, 0.25) is 5.91 Å². The Balaban J connectivity index is 2.57. The van der Waals surface area contributed by atoms with Crippen molar-refractivity contribution in [2.24, 2.45) is 11.7 Å². The van der Waals surface area contributed by atoms with Crippen LogP contribution in [-0.4, -0.2) is 42.0 Å². The second-order valence-corrected chi connectivity index (χ2v) is 7.03. The quantitative estimate of drug-likeness (QED) is 0.724. The van der Waals surface area contributed by atoms with Crippen LogP contribution >= 0.6 is 0 Å². The topological polar surface area (TPSA) is 58.4 Å². The van der Waals surface area contributed by atoms with Crippen molar-refractivity contribution >= 4 is 5.91 Å². The molecule has 0 aromatic carbocycles. The Morgan fingerprint density at radius 3 is 2.33 bits per heavy atom. The summed E-state index contributed by atoms with van der Waals surface area (Å²) in [5, 5.41) is 3.26. The van der Waals surface area contributed by atoms with Crippen LogP contribution in [0.15, 0.2) is 0 Å². The molecule has 21 heavy (non-hydrogen) atoms. The first-order valence-electron chi connectivity index (χ1n) is 8.60. The van der Waals surface area contributed by atoms with Crippen LogP contribution in [0.1, 0.15) is 66.2 Å². The van der Waals surface area contributed by atoms with Crippen LogP contribution in [0, 0.1) is 5.92 Å². The standard InChI is InChI=1S/C17H35N3O/c1-6-14-8-10-15(11-9-14)20(5)13(3)12-17(4,16(18)21)19-7-2/h13-15,19H,6-12H2,1-5H3,(H2,18,21). The number of carbonyl (C=O) groups excluding carboxylic acids is 1. The molecule has 0 radical (unpaired) electrons. The van der Waals surface area contributed by atoms with Crippen molar-refractivity contribution in [3.63, 3.8) is 0 Å². The first kappa shape index (κ1) is 18.4. The number of likely N-dealkylation sites (N-methyl/N-ethyl adjacent to an activating group) is 1. The number of amides is 1. The lowest BCUT2D eigenvalue weighted by Crippen LogP contribution is -2.56. The normalized spacial score (nSPS) is 27.3. The average molecular weight is 297 g/mol. The van der Waals surface area contributed by atoms with E-state index < -0.39 is 5.54 Å². The van der Waals surface area contributed by atoms with E-state index in [1.54, 1.807) is 0 Å². The monoisotopic (exact) mass is 297 g/mol. The molecular formula is C17H35N3O. The van der Waals surface area contributed by atoms with Gasteiger partial charge in [0.1, 0.15) is 0 Å². The smallest absolute Gasteiger partial charge is 0.237 e. The first-order valence-corrected chi connectivity index (χ1v) is 8.60. The molecule has 124 valence electrons. The van der Waals surface area contributed by atoms with Crippen molar-refractivity contribution in [1.82, 2.24) is 10.2 Å². The highest BCUT2D eigenvalue weighted by molar-refractivity contribution is 5.84. The van der Waals surface area contributed by atoms with Crippen LogP contribution in [0.25, 0.3) is 0 Å². The predicted octanol–water partition coefficient (Wildman–Crippen LogP) is 2.52. The molecule has 2 unspecified atom stereocenters. The van der Waals surface area contributed by atoms with E-state index >= 15 is 0 Å². The fourth-order valence-corrected chi connectivity index (χ4v) is 3.71. The Morgan fingerprint density at radius 2 is 1.90 bits per heavy atom. The van der Waals surface area contributed by atoms with Gasteiger partial charge in [0.15, 0.2) is 0 Å². The maximum absolute atomic E-state index is 11.8. The summed E-state index contributed by atoms with van der Waals surface area (Å²) in [5.41, 5.74) is 4.99. The van der Waals surface area contributed by atoms with Crippen LogP contribution in [0.5, 0.6) is 0 Å². The Bertz CT molecular complexity index is 326. The molecule has 0 bridgehead atoms. The van der Waals surface area contributed by atoms with Crippen molar-refractivity contribution < 1.29 is 4.79 Å². The van der Waals surface area contributed by atoms with Crippen molar-refractivity contribution in [3.05, 3.63) is 0 Å². The number of nitrogens with two attached hydrogens (primary N) is 1. The van der Waals surface area contributed by atoms with Gasteiger partial charge in [-0.25, -0.2) is 0 Å². The molecule has 1 rings (SSSR count). The highest BCUT2D eigenvalue weighted by Crippen LogP contribution is 2.30. The number of nitrogens with one attached hydrogen (secondary N) is 1. The third-order valence-corrected chi connectivity index (χ3v) is 5.48. The molecule has 0 aliphatic heterocycles. The molecule has 0 aromatic heterocycles. The van der Waals surface area contributed by atoms with Gasteiger partial charge in [-0.3, -0.25) is 4.79 Å². The van der Waals surface area contributed by atoms with E-state index in [4.69, 9.17) is 5.73 Å². The van der Waals surface area contributed by atoms with Crippen LogP contribution in [0.4, 0.5) is 0 Å². The van der Waals surface area contributed by atoms with Gasteiger partial charge in [-0.15, -0.1) is 0 Å². The Hall–Kier alpha value is -0.610. The van der Waals surface area contributed by atoms with Crippen molar-refractivity contribution in [2.75, 3.05) is 13.6 Å². The molecule has 0 heterocycles. The summed E-state index contributed by atoms with van der Waals surface area (Å²) in [6, 6.07) is 1.01. The van der Waals surface area contributed by atoms with Gasteiger partial charge in [-0.05, 0) is 65.5 Å². The number of carbonyl (C=O) groups is 1. The zero-order valence-electron chi connectivity index (χ0n) is 14.6. The summed E-state index contributed by atoms with van der Waals surface area (Å²) in [6.07, 6.45) is 7.34. The van der Waals surface area contributed by atoms with E-state index in [1.807, 2.05) is 13.8 Å². The van der Waals surface area contributed by atoms with Crippen LogP contribution in [0.2, 0.25) is 0 Å². The van der Waals surface area contributed by atoms with Crippen molar-refractivity contribution in [1.29, 1.82) is 0 Å². The van der Waals surface area contributed by atoms with Crippen LogP contribution in [0.3, 0.4) is 0 Å². The van der Waals surface area contributed by atoms with Crippen LogP contribution in [-0.2, 0) is 4.79 Å². The van der Waals surface area contributed by atoms with E-state index in [0.717, 1.165) is 18.9 Å². The molecule has 1 amide bonds. The fourth-order valence-electron chi connectivity index (χ4n) is 3.71. The lowest BCUT2D eigenvalue weighted by molar-refractivity contribution is -0.124. The van der Waals surface area contributed by atoms with Gasteiger partial charge < -0.3 is 16.0 Å². The third-order valence-electron chi connectivity index (χ3n) is 5.48. The van der Waals surface area contributed by atoms with E-state index in [0.29, 0.717) is 12.1 Å². The highest BCUT2D eigenvalue weighted by Gasteiger charge is 2.34. The molecule has 0 spiro atoms. The molecule has 1 aliphatic rings. The minimum absolute atomic E-state index is 0.251. The van der Waals surface area contributed by atoms with Gasteiger partial charge in [-0.1, -0.05) is 20.3 Å². The second kappa shape index (κ2) is 8.14. The summed E-state index contributed by atoms with van der Waals surface area (Å²) in [4.78, 5) is 14.2. The molecule has 3 N–H and O–H groups in total. The SMILES string of the molecule is CCNC(C)(CC(C)N(C)C1CCC(CC)CC1)C(N)=O. The summed E-state index contributed by atoms with van der Waals surface area (Å²) < 4.78 is 0. The fraction of sp³-hybridized carbons (Fsp3) is 0.941. The number of rotatable bonds is 8. The minimum atomic E-state index is -0.608.